The molecule has 4 nitrogen and oxygen atoms in total. The zero-order valence-electron chi connectivity index (χ0n) is 11.6. The minimum atomic E-state index is 0.0291. The highest BCUT2D eigenvalue weighted by Gasteiger charge is 2.16. The Morgan fingerprint density at radius 1 is 1.53 bits per heavy atom. The molecule has 19 heavy (non-hydrogen) atoms. The molecular formula is C15H21NO3. The first-order valence-corrected chi connectivity index (χ1v) is 6.71. The molecule has 1 amide bonds. The third kappa shape index (κ3) is 3.96. The molecule has 0 aromatic heterocycles. The second-order valence-corrected chi connectivity index (χ2v) is 4.92. The van der Waals surface area contributed by atoms with Gasteiger partial charge in [-0.2, -0.15) is 0 Å². The molecule has 1 atom stereocenters. The number of hydrogen-bond donors (Lipinski definition) is 1. The highest BCUT2D eigenvalue weighted by molar-refractivity contribution is 5.78. The van der Waals surface area contributed by atoms with Crippen molar-refractivity contribution in [3.05, 3.63) is 29.3 Å². The first kappa shape index (κ1) is 13.9. The fraction of sp³-hybridized carbons (Fsp3) is 0.533. The van der Waals surface area contributed by atoms with Crippen molar-refractivity contribution in [3.8, 4) is 5.75 Å². The normalized spacial score (nSPS) is 18.3. The molecule has 1 unspecified atom stereocenters. The smallest absolute Gasteiger partial charge is 0.224 e. The third-order valence-corrected chi connectivity index (χ3v) is 3.39. The van der Waals surface area contributed by atoms with Crippen molar-refractivity contribution in [1.82, 2.24) is 5.32 Å². The predicted molar refractivity (Wildman–Crippen MR) is 73.4 cm³/mol. The van der Waals surface area contributed by atoms with Gasteiger partial charge in [0.1, 0.15) is 5.75 Å². The van der Waals surface area contributed by atoms with Gasteiger partial charge in [0.25, 0.3) is 0 Å². The quantitative estimate of drug-likeness (QED) is 0.882. The van der Waals surface area contributed by atoms with E-state index in [2.05, 4.69) is 5.32 Å². The van der Waals surface area contributed by atoms with Gasteiger partial charge in [-0.1, -0.05) is 12.1 Å². The molecule has 1 aromatic carbocycles. The summed E-state index contributed by atoms with van der Waals surface area (Å²) in [6.07, 6.45) is 2.70. The maximum Gasteiger partial charge on any atom is 0.224 e. The Morgan fingerprint density at radius 2 is 2.37 bits per heavy atom. The maximum atomic E-state index is 11.8. The van der Waals surface area contributed by atoms with Gasteiger partial charge in [0.05, 0.1) is 19.6 Å². The summed E-state index contributed by atoms with van der Waals surface area (Å²) >= 11 is 0. The summed E-state index contributed by atoms with van der Waals surface area (Å²) in [5.41, 5.74) is 2.04. The Hall–Kier alpha value is -1.55. The summed E-state index contributed by atoms with van der Waals surface area (Å²) in [4.78, 5) is 11.8. The minimum absolute atomic E-state index is 0.0291. The molecule has 1 saturated heterocycles. The molecule has 1 aliphatic rings. The number of ether oxygens (including phenoxy) is 2. The van der Waals surface area contributed by atoms with Gasteiger partial charge >= 0.3 is 0 Å². The average Bonchev–Trinajstić information content (AvgIpc) is 2.92. The Kier molecular flexibility index (Phi) is 4.80. The van der Waals surface area contributed by atoms with Crippen molar-refractivity contribution in [2.45, 2.75) is 32.3 Å². The lowest BCUT2D eigenvalue weighted by Gasteiger charge is -2.11. The molecule has 0 bridgehead atoms. The monoisotopic (exact) mass is 263 g/mol. The van der Waals surface area contributed by atoms with E-state index in [-0.39, 0.29) is 12.0 Å². The SMILES string of the molecule is COc1cc(CC(=O)NCC2CCCO2)ccc1C. The second kappa shape index (κ2) is 6.57. The Balaban J connectivity index is 1.84. The summed E-state index contributed by atoms with van der Waals surface area (Å²) < 4.78 is 10.7. The second-order valence-electron chi connectivity index (χ2n) is 4.92. The van der Waals surface area contributed by atoms with Crippen LogP contribution in [0.25, 0.3) is 0 Å². The van der Waals surface area contributed by atoms with Crippen molar-refractivity contribution >= 4 is 5.91 Å². The van der Waals surface area contributed by atoms with Crippen molar-refractivity contribution in [1.29, 1.82) is 0 Å². The van der Waals surface area contributed by atoms with E-state index < -0.39 is 0 Å². The van der Waals surface area contributed by atoms with E-state index in [0.29, 0.717) is 13.0 Å². The lowest BCUT2D eigenvalue weighted by atomic mass is 10.1. The van der Waals surface area contributed by atoms with Crippen LogP contribution in [0.15, 0.2) is 18.2 Å². The van der Waals surface area contributed by atoms with Crippen LogP contribution in [0.4, 0.5) is 0 Å². The molecule has 1 aliphatic heterocycles. The number of carbonyl (C=O) groups excluding carboxylic acids is 1. The van der Waals surface area contributed by atoms with Crippen LogP contribution in [0, 0.1) is 6.92 Å². The van der Waals surface area contributed by atoms with E-state index in [0.717, 1.165) is 36.3 Å². The standard InChI is InChI=1S/C15H21NO3/c1-11-5-6-12(8-14(11)18-2)9-15(17)16-10-13-4-3-7-19-13/h5-6,8,13H,3-4,7,9-10H2,1-2H3,(H,16,17). The summed E-state index contributed by atoms with van der Waals surface area (Å²) in [6, 6.07) is 5.85. The zero-order valence-corrected chi connectivity index (χ0v) is 11.6. The first-order chi connectivity index (χ1) is 9.19. The maximum absolute atomic E-state index is 11.8. The van der Waals surface area contributed by atoms with Crippen molar-refractivity contribution in [2.24, 2.45) is 0 Å². The zero-order chi connectivity index (χ0) is 13.7. The molecule has 0 aliphatic carbocycles. The van der Waals surface area contributed by atoms with Gasteiger partial charge in [-0.15, -0.1) is 0 Å². The molecule has 1 fully saturated rings. The highest BCUT2D eigenvalue weighted by Crippen LogP contribution is 2.19. The van der Waals surface area contributed by atoms with Crippen LogP contribution in [0.1, 0.15) is 24.0 Å². The largest absolute Gasteiger partial charge is 0.496 e. The van der Waals surface area contributed by atoms with Gasteiger partial charge in [-0.25, -0.2) is 0 Å². The van der Waals surface area contributed by atoms with Crippen LogP contribution in [0.2, 0.25) is 0 Å². The molecule has 104 valence electrons. The van der Waals surface area contributed by atoms with Crippen LogP contribution in [-0.2, 0) is 16.0 Å². The molecule has 1 N–H and O–H groups in total. The average molecular weight is 263 g/mol. The number of methoxy groups -OCH3 is 1. The number of benzene rings is 1. The fourth-order valence-corrected chi connectivity index (χ4v) is 2.26. The van der Waals surface area contributed by atoms with Crippen LogP contribution in [-0.4, -0.2) is 32.3 Å². The van der Waals surface area contributed by atoms with Gasteiger partial charge in [-0.3, -0.25) is 4.79 Å². The third-order valence-electron chi connectivity index (χ3n) is 3.39. The lowest BCUT2D eigenvalue weighted by Crippen LogP contribution is -2.32. The fourth-order valence-electron chi connectivity index (χ4n) is 2.26. The first-order valence-electron chi connectivity index (χ1n) is 6.71. The van der Waals surface area contributed by atoms with E-state index in [4.69, 9.17) is 9.47 Å². The molecule has 2 rings (SSSR count). The predicted octanol–water partition coefficient (Wildman–Crippen LogP) is 1.84. The van der Waals surface area contributed by atoms with Crippen molar-refractivity contribution in [2.75, 3.05) is 20.3 Å². The van der Waals surface area contributed by atoms with Gasteiger partial charge in [-0.05, 0) is 37.0 Å². The Morgan fingerprint density at radius 3 is 3.05 bits per heavy atom. The van der Waals surface area contributed by atoms with Crippen molar-refractivity contribution in [3.63, 3.8) is 0 Å². The summed E-state index contributed by atoms with van der Waals surface area (Å²) in [5.74, 6) is 0.853. The molecular weight excluding hydrogens is 242 g/mol. The number of amides is 1. The number of aryl methyl sites for hydroxylation is 1. The number of rotatable bonds is 5. The number of nitrogens with one attached hydrogen (secondary N) is 1. The lowest BCUT2D eigenvalue weighted by molar-refractivity contribution is -0.120. The number of carbonyl (C=O) groups is 1. The van der Waals surface area contributed by atoms with E-state index in [1.165, 1.54) is 0 Å². The highest BCUT2D eigenvalue weighted by atomic mass is 16.5. The molecule has 1 aromatic rings. The van der Waals surface area contributed by atoms with Crippen molar-refractivity contribution < 1.29 is 14.3 Å². The topological polar surface area (TPSA) is 47.6 Å². The summed E-state index contributed by atoms with van der Waals surface area (Å²) in [5, 5.41) is 2.92. The van der Waals surface area contributed by atoms with Crippen LogP contribution in [0.5, 0.6) is 5.75 Å². The summed E-state index contributed by atoms with van der Waals surface area (Å²) in [6.45, 7) is 3.41. The van der Waals surface area contributed by atoms with Gasteiger partial charge < -0.3 is 14.8 Å². The van der Waals surface area contributed by atoms with E-state index in [9.17, 15) is 4.79 Å². The van der Waals surface area contributed by atoms with E-state index in [1.807, 2.05) is 25.1 Å². The van der Waals surface area contributed by atoms with Crippen LogP contribution in [0.3, 0.4) is 0 Å². The molecule has 1 heterocycles. The van der Waals surface area contributed by atoms with E-state index >= 15 is 0 Å². The van der Waals surface area contributed by atoms with Gasteiger partial charge in [0, 0.05) is 13.2 Å². The Labute approximate surface area is 114 Å². The van der Waals surface area contributed by atoms with Gasteiger partial charge in [0.15, 0.2) is 0 Å². The minimum Gasteiger partial charge on any atom is -0.496 e. The molecule has 4 heteroatoms. The molecule has 0 radical (unpaired) electrons. The van der Waals surface area contributed by atoms with Crippen LogP contribution < -0.4 is 10.1 Å². The molecule has 0 saturated carbocycles. The van der Waals surface area contributed by atoms with Gasteiger partial charge in [0.2, 0.25) is 5.91 Å². The number of hydrogen-bond acceptors (Lipinski definition) is 3. The van der Waals surface area contributed by atoms with E-state index in [1.54, 1.807) is 7.11 Å². The molecule has 0 spiro atoms. The van der Waals surface area contributed by atoms with Crippen LogP contribution >= 0.6 is 0 Å². The Bertz CT molecular complexity index is 439. The summed E-state index contributed by atoms with van der Waals surface area (Å²) in [7, 11) is 1.64.